The van der Waals surface area contributed by atoms with Crippen LogP contribution in [0.5, 0.6) is 0 Å². The van der Waals surface area contributed by atoms with Gasteiger partial charge in [0.2, 0.25) is 0 Å². The number of aromatic nitrogens is 3. The molecule has 0 spiro atoms. The zero-order valence-electron chi connectivity index (χ0n) is 18.9. The summed E-state index contributed by atoms with van der Waals surface area (Å²) in [5.41, 5.74) is 5.87. The highest BCUT2D eigenvalue weighted by molar-refractivity contribution is 5.94. The van der Waals surface area contributed by atoms with Crippen LogP contribution >= 0.6 is 0 Å². The number of benzene rings is 2. The Bertz CT molecular complexity index is 1160. The number of carbonyl (C=O) groups is 2. The van der Waals surface area contributed by atoms with Gasteiger partial charge in [0.15, 0.2) is 5.69 Å². The lowest BCUT2D eigenvalue weighted by atomic mass is 10.1. The van der Waals surface area contributed by atoms with Gasteiger partial charge in [0, 0.05) is 31.9 Å². The molecule has 1 N–H and O–H groups in total. The van der Waals surface area contributed by atoms with E-state index in [0.717, 1.165) is 28.1 Å². The average molecular weight is 433 g/mol. The number of amides is 3. The normalized spacial score (nSPS) is 13.9. The summed E-state index contributed by atoms with van der Waals surface area (Å²) in [6.45, 7) is 9.66. The molecule has 0 bridgehead atoms. The standard InChI is InChI=1S/C24H28N6O2/c1-16-6-5-7-20(15-16)25-24(32)29-12-10-28(11-13-29)23(31)22-19(4)26-30(27-22)21-9-8-17(2)14-18(21)3/h5-9,14-15H,10-13H2,1-4H3,(H,25,32). The maximum Gasteiger partial charge on any atom is 0.321 e. The van der Waals surface area contributed by atoms with E-state index in [1.807, 2.05) is 57.2 Å². The van der Waals surface area contributed by atoms with Crippen molar-refractivity contribution in [3.05, 3.63) is 70.5 Å². The van der Waals surface area contributed by atoms with Crippen molar-refractivity contribution < 1.29 is 9.59 Å². The first-order valence-corrected chi connectivity index (χ1v) is 10.8. The van der Waals surface area contributed by atoms with Crippen molar-refractivity contribution in [3.8, 4) is 5.69 Å². The van der Waals surface area contributed by atoms with Crippen LogP contribution in [-0.4, -0.2) is 62.9 Å². The highest BCUT2D eigenvalue weighted by atomic mass is 16.2. The van der Waals surface area contributed by atoms with Crippen LogP contribution < -0.4 is 5.32 Å². The highest BCUT2D eigenvalue weighted by Crippen LogP contribution is 2.17. The van der Waals surface area contributed by atoms with Gasteiger partial charge in [0.25, 0.3) is 5.91 Å². The van der Waals surface area contributed by atoms with Crippen LogP contribution in [0.3, 0.4) is 0 Å². The van der Waals surface area contributed by atoms with Gasteiger partial charge in [-0.15, -0.1) is 5.10 Å². The van der Waals surface area contributed by atoms with Crippen LogP contribution in [0, 0.1) is 27.7 Å². The second kappa shape index (κ2) is 8.82. The molecule has 3 aromatic rings. The second-order valence-corrected chi connectivity index (χ2v) is 8.29. The summed E-state index contributed by atoms with van der Waals surface area (Å²) in [5.74, 6) is -0.155. The van der Waals surface area contributed by atoms with Gasteiger partial charge in [-0.2, -0.15) is 9.90 Å². The monoisotopic (exact) mass is 432 g/mol. The van der Waals surface area contributed by atoms with Crippen molar-refractivity contribution in [2.24, 2.45) is 0 Å². The molecule has 0 atom stereocenters. The Morgan fingerprint density at radius 2 is 1.53 bits per heavy atom. The number of hydrogen-bond acceptors (Lipinski definition) is 4. The Labute approximate surface area is 187 Å². The Hall–Kier alpha value is -3.68. The van der Waals surface area contributed by atoms with Gasteiger partial charge in [-0.1, -0.05) is 29.8 Å². The van der Waals surface area contributed by atoms with Crippen LogP contribution in [0.2, 0.25) is 0 Å². The van der Waals surface area contributed by atoms with Gasteiger partial charge >= 0.3 is 6.03 Å². The summed E-state index contributed by atoms with van der Waals surface area (Å²) in [6, 6.07) is 13.6. The molecule has 0 unspecified atom stereocenters. The number of urea groups is 1. The quantitative estimate of drug-likeness (QED) is 0.687. The maximum atomic E-state index is 13.1. The molecule has 4 rings (SSSR count). The van der Waals surface area contributed by atoms with Gasteiger partial charge in [0.05, 0.1) is 11.4 Å². The molecule has 1 fully saturated rings. The Kier molecular flexibility index (Phi) is 5.94. The zero-order valence-corrected chi connectivity index (χ0v) is 18.9. The van der Waals surface area contributed by atoms with Crippen molar-refractivity contribution in [1.29, 1.82) is 0 Å². The van der Waals surface area contributed by atoms with Gasteiger partial charge in [-0.05, 0) is 57.0 Å². The van der Waals surface area contributed by atoms with Gasteiger partial charge < -0.3 is 15.1 Å². The first-order chi connectivity index (χ1) is 15.3. The number of nitrogens with one attached hydrogen (secondary N) is 1. The summed E-state index contributed by atoms with van der Waals surface area (Å²) in [4.78, 5) is 30.7. The maximum absolute atomic E-state index is 13.1. The van der Waals surface area contributed by atoms with E-state index in [1.165, 1.54) is 4.80 Å². The molecule has 0 aliphatic carbocycles. The van der Waals surface area contributed by atoms with E-state index in [1.54, 1.807) is 16.7 Å². The van der Waals surface area contributed by atoms with Gasteiger partial charge in [0.1, 0.15) is 0 Å². The number of nitrogens with zero attached hydrogens (tertiary/aromatic N) is 5. The fourth-order valence-corrected chi connectivity index (χ4v) is 3.90. The number of rotatable bonds is 3. The third-order valence-corrected chi connectivity index (χ3v) is 5.68. The molecule has 2 heterocycles. The van der Waals surface area contributed by atoms with E-state index >= 15 is 0 Å². The van der Waals surface area contributed by atoms with Crippen LogP contribution in [-0.2, 0) is 0 Å². The summed E-state index contributed by atoms with van der Waals surface area (Å²) in [6.07, 6.45) is 0. The topological polar surface area (TPSA) is 83.4 Å². The predicted octanol–water partition coefficient (Wildman–Crippen LogP) is 3.49. The van der Waals surface area contributed by atoms with E-state index in [9.17, 15) is 9.59 Å². The molecule has 8 nitrogen and oxygen atoms in total. The molecule has 166 valence electrons. The van der Waals surface area contributed by atoms with Crippen molar-refractivity contribution in [2.75, 3.05) is 31.5 Å². The van der Waals surface area contributed by atoms with E-state index in [2.05, 4.69) is 21.6 Å². The molecule has 0 saturated carbocycles. The highest BCUT2D eigenvalue weighted by Gasteiger charge is 2.28. The number of piperazine rings is 1. The Morgan fingerprint density at radius 1 is 0.844 bits per heavy atom. The first kappa shape index (κ1) is 21.5. The van der Waals surface area contributed by atoms with Crippen molar-refractivity contribution >= 4 is 17.6 Å². The SMILES string of the molecule is Cc1cccc(NC(=O)N2CCN(C(=O)c3nn(-c4ccc(C)cc4C)nc3C)CC2)c1. The molecule has 32 heavy (non-hydrogen) atoms. The molecule has 0 radical (unpaired) electrons. The van der Waals surface area contributed by atoms with E-state index in [0.29, 0.717) is 37.6 Å². The minimum Gasteiger partial charge on any atom is -0.334 e. The molecule has 1 saturated heterocycles. The lowest BCUT2D eigenvalue weighted by Crippen LogP contribution is -2.51. The second-order valence-electron chi connectivity index (χ2n) is 8.29. The predicted molar refractivity (Wildman–Crippen MR) is 123 cm³/mol. The average Bonchev–Trinajstić information content (AvgIpc) is 3.14. The molecule has 8 heteroatoms. The molecular formula is C24H28N6O2. The fraction of sp³-hybridized carbons (Fsp3) is 0.333. The number of aryl methyl sites for hydroxylation is 4. The first-order valence-electron chi connectivity index (χ1n) is 10.8. The van der Waals surface area contributed by atoms with Crippen molar-refractivity contribution in [3.63, 3.8) is 0 Å². The lowest BCUT2D eigenvalue weighted by Gasteiger charge is -2.34. The van der Waals surface area contributed by atoms with Crippen molar-refractivity contribution in [1.82, 2.24) is 24.8 Å². The fourth-order valence-electron chi connectivity index (χ4n) is 3.90. The minimum absolute atomic E-state index is 0.153. The molecule has 1 aromatic heterocycles. The lowest BCUT2D eigenvalue weighted by molar-refractivity contribution is 0.0664. The summed E-state index contributed by atoms with van der Waals surface area (Å²) >= 11 is 0. The van der Waals surface area contributed by atoms with Gasteiger partial charge in [-0.25, -0.2) is 4.79 Å². The molecule has 3 amide bonds. The van der Waals surface area contributed by atoms with E-state index in [-0.39, 0.29) is 11.9 Å². The van der Waals surface area contributed by atoms with Crippen LogP contribution in [0.4, 0.5) is 10.5 Å². The third-order valence-electron chi connectivity index (χ3n) is 5.68. The summed E-state index contributed by atoms with van der Waals surface area (Å²) < 4.78 is 0. The smallest absolute Gasteiger partial charge is 0.321 e. The van der Waals surface area contributed by atoms with Crippen LogP contribution in [0.15, 0.2) is 42.5 Å². The zero-order chi connectivity index (χ0) is 22.8. The van der Waals surface area contributed by atoms with Crippen LogP contribution in [0.1, 0.15) is 32.9 Å². The third kappa shape index (κ3) is 4.49. The van der Waals surface area contributed by atoms with E-state index < -0.39 is 0 Å². The Morgan fingerprint density at radius 3 is 2.22 bits per heavy atom. The summed E-state index contributed by atoms with van der Waals surface area (Å²) in [5, 5.41) is 11.9. The number of hydrogen-bond donors (Lipinski definition) is 1. The summed E-state index contributed by atoms with van der Waals surface area (Å²) in [7, 11) is 0. The molecule has 2 aromatic carbocycles. The molecule has 1 aliphatic rings. The minimum atomic E-state index is -0.155. The van der Waals surface area contributed by atoms with Crippen LogP contribution in [0.25, 0.3) is 5.69 Å². The number of carbonyl (C=O) groups excluding carboxylic acids is 2. The number of anilines is 1. The van der Waals surface area contributed by atoms with Crippen molar-refractivity contribution in [2.45, 2.75) is 27.7 Å². The largest absolute Gasteiger partial charge is 0.334 e. The molecular weight excluding hydrogens is 404 g/mol. The molecule has 1 aliphatic heterocycles. The van der Waals surface area contributed by atoms with Gasteiger partial charge in [-0.3, -0.25) is 4.79 Å². The van der Waals surface area contributed by atoms with E-state index in [4.69, 9.17) is 0 Å². The Balaban J connectivity index is 1.40.